The van der Waals surface area contributed by atoms with Crippen molar-refractivity contribution in [3.05, 3.63) is 64.7 Å². The average Bonchev–Trinajstić information content (AvgIpc) is 2.37. The van der Waals surface area contributed by atoms with E-state index in [-0.39, 0.29) is 11.3 Å². The predicted molar refractivity (Wildman–Crippen MR) is 65.3 cm³/mol. The molecule has 0 fully saturated rings. The molecule has 0 aromatic heterocycles. The first-order valence-corrected chi connectivity index (χ1v) is 5.68. The summed E-state index contributed by atoms with van der Waals surface area (Å²) in [5, 5.41) is 0. The van der Waals surface area contributed by atoms with Crippen molar-refractivity contribution in [1.29, 1.82) is 0 Å². The molecule has 0 amide bonds. The summed E-state index contributed by atoms with van der Waals surface area (Å²) in [6, 6.07) is 3.65. The molecule has 2 aromatic rings. The molecule has 1 atom stereocenters. The Balaban J connectivity index is 2.55. The molecule has 0 aliphatic carbocycles. The van der Waals surface area contributed by atoms with Gasteiger partial charge in [-0.05, 0) is 6.07 Å². The van der Waals surface area contributed by atoms with Crippen LogP contribution >= 0.6 is 0 Å². The van der Waals surface area contributed by atoms with E-state index in [1.54, 1.807) is 0 Å². The Hall–Kier alpha value is -2.08. The summed E-state index contributed by atoms with van der Waals surface area (Å²) in [7, 11) is 1.26. The van der Waals surface area contributed by atoms with E-state index in [0.29, 0.717) is 12.1 Å². The lowest BCUT2D eigenvalue weighted by molar-refractivity contribution is 0.382. The molecule has 106 valence electrons. The van der Waals surface area contributed by atoms with E-state index in [2.05, 4.69) is 0 Å². The molecule has 0 saturated heterocycles. The van der Waals surface area contributed by atoms with Crippen LogP contribution in [0, 0.1) is 23.3 Å². The van der Waals surface area contributed by atoms with Gasteiger partial charge in [-0.1, -0.05) is 12.1 Å². The molecule has 0 aliphatic rings. The molecule has 6 heteroatoms. The summed E-state index contributed by atoms with van der Waals surface area (Å²) in [5.74, 6) is -4.32. The van der Waals surface area contributed by atoms with Gasteiger partial charge in [-0.2, -0.15) is 0 Å². The highest BCUT2D eigenvalue weighted by molar-refractivity contribution is 5.39. The number of hydrogen-bond donors (Lipinski definition) is 1. The van der Waals surface area contributed by atoms with E-state index < -0.39 is 34.9 Å². The fourth-order valence-corrected chi connectivity index (χ4v) is 1.93. The van der Waals surface area contributed by atoms with Crippen molar-refractivity contribution >= 4 is 0 Å². The molecule has 0 spiro atoms. The van der Waals surface area contributed by atoms with Crippen LogP contribution < -0.4 is 10.5 Å². The minimum absolute atomic E-state index is 0.0964. The number of rotatable bonds is 3. The van der Waals surface area contributed by atoms with Crippen LogP contribution in [0.3, 0.4) is 0 Å². The van der Waals surface area contributed by atoms with Crippen molar-refractivity contribution in [1.82, 2.24) is 0 Å². The van der Waals surface area contributed by atoms with Crippen LogP contribution in [0.2, 0.25) is 0 Å². The highest BCUT2D eigenvalue weighted by Gasteiger charge is 2.23. The normalized spacial score (nSPS) is 12.3. The van der Waals surface area contributed by atoms with E-state index in [4.69, 9.17) is 10.5 Å². The summed E-state index contributed by atoms with van der Waals surface area (Å²) < 4.78 is 59.0. The van der Waals surface area contributed by atoms with E-state index >= 15 is 0 Å². The maximum absolute atomic E-state index is 14.0. The molecule has 0 saturated carbocycles. The van der Waals surface area contributed by atoms with Crippen LogP contribution in [-0.4, -0.2) is 7.11 Å². The molecule has 2 aromatic carbocycles. The first kappa shape index (κ1) is 14.3. The van der Waals surface area contributed by atoms with E-state index in [1.165, 1.54) is 25.3 Å². The zero-order valence-corrected chi connectivity index (χ0v) is 10.5. The lowest BCUT2D eigenvalue weighted by Crippen LogP contribution is -2.17. The van der Waals surface area contributed by atoms with Crippen molar-refractivity contribution in [2.24, 2.45) is 5.73 Å². The summed E-state index contributed by atoms with van der Waals surface area (Å²) in [5.41, 5.74) is 4.95. The van der Waals surface area contributed by atoms with Gasteiger partial charge in [0, 0.05) is 23.3 Å². The molecular weight excluding hydrogens is 274 g/mol. The van der Waals surface area contributed by atoms with Gasteiger partial charge in [0.1, 0.15) is 17.5 Å². The minimum Gasteiger partial charge on any atom is -0.494 e. The third-order valence-corrected chi connectivity index (χ3v) is 2.90. The van der Waals surface area contributed by atoms with Crippen LogP contribution in [-0.2, 0) is 0 Å². The molecule has 0 aliphatic heterocycles. The Morgan fingerprint density at radius 2 is 1.65 bits per heavy atom. The molecule has 2 nitrogen and oxygen atoms in total. The number of hydrogen-bond acceptors (Lipinski definition) is 2. The number of benzene rings is 2. The van der Waals surface area contributed by atoms with Crippen molar-refractivity contribution < 1.29 is 22.3 Å². The molecule has 1 unspecified atom stereocenters. The van der Waals surface area contributed by atoms with Crippen LogP contribution in [0.15, 0.2) is 30.3 Å². The second-order valence-corrected chi connectivity index (χ2v) is 4.12. The lowest BCUT2D eigenvalue weighted by atomic mass is 9.97. The van der Waals surface area contributed by atoms with Crippen molar-refractivity contribution in [3.8, 4) is 5.75 Å². The van der Waals surface area contributed by atoms with Crippen LogP contribution in [0.1, 0.15) is 17.2 Å². The van der Waals surface area contributed by atoms with Gasteiger partial charge in [-0.25, -0.2) is 17.6 Å². The largest absolute Gasteiger partial charge is 0.494 e. The monoisotopic (exact) mass is 285 g/mol. The maximum Gasteiger partial charge on any atom is 0.170 e. The fourth-order valence-electron chi connectivity index (χ4n) is 1.93. The Morgan fingerprint density at radius 1 is 1.05 bits per heavy atom. The molecule has 0 heterocycles. The Morgan fingerprint density at radius 3 is 2.20 bits per heavy atom. The highest BCUT2D eigenvalue weighted by atomic mass is 19.1. The molecule has 0 bridgehead atoms. The smallest absolute Gasteiger partial charge is 0.170 e. The van der Waals surface area contributed by atoms with Crippen molar-refractivity contribution in [2.75, 3.05) is 7.11 Å². The highest BCUT2D eigenvalue weighted by Crippen LogP contribution is 2.30. The number of ether oxygens (including phenoxy) is 1. The third kappa shape index (κ3) is 2.46. The molecule has 0 radical (unpaired) electrons. The van der Waals surface area contributed by atoms with Gasteiger partial charge in [-0.15, -0.1) is 0 Å². The first-order valence-electron chi connectivity index (χ1n) is 5.68. The topological polar surface area (TPSA) is 35.2 Å². The van der Waals surface area contributed by atoms with E-state index in [9.17, 15) is 17.6 Å². The summed E-state index contributed by atoms with van der Waals surface area (Å²) in [6.07, 6.45) is 0. The number of methoxy groups -OCH3 is 1. The van der Waals surface area contributed by atoms with Gasteiger partial charge in [-0.3, -0.25) is 0 Å². The van der Waals surface area contributed by atoms with Crippen molar-refractivity contribution in [2.45, 2.75) is 6.04 Å². The fraction of sp³-hybridized carbons (Fsp3) is 0.143. The molecular formula is C14H11F4NO. The average molecular weight is 285 g/mol. The quantitative estimate of drug-likeness (QED) is 0.878. The van der Waals surface area contributed by atoms with Crippen LogP contribution in [0.25, 0.3) is 0 Å². The van der Waals surface area contributed by atoms with Gasteiger partial charge in [0.15, 0.2) is 11.6 Å². The molecule has 2 rings (SSSR count). The van der Waals surface area contributed by atoms with Gasteiger partial charge < -0.3 is 10.5 Å². The zero-order chi connectivity index (χ0) is 14.9. The third-order valence-electron chi connectivity index (χ3n) is 2.90. The number of nitrogens with two attached hydrogens (primary N) is 1. The maximum atomic E-state index is 14.0. The number of halogens is 4. The summed E-state index contributed by atoms with van der Waals surface area (Å²) in [6.45, 7) is 0. The molecule has 20 heavy (non-hydrogen) atoms. The van der Waals surface area contributed by atoms with Gasteiger partial charge in [0.25, 0.3) is 0 Å². The van der Waals surface area contributed by atoms with Gasteiger partial charge in [0.05, 0.1) is 13.2 Å². The van der Waals surface area contributed by atoms with Gasteiger partial charge in [0.2, 0.25) is 0 Å². The van der Waals surface area contributed by atoms with Crippen LogP contribution in [0.4, 0.5) is 17.6 Å². The van der Waals surface area contributed by atoms with E-state index in [1.807, 2.05) is 0 Å². The second-order valence-electron chi connectivity index (χ2n) is 4.12. The first-order chi connectivity index (χ1) is 9.45. The van der Waals surface area contributed by atoms with Crippen LogP contribution in [0.5, 0.6) is 5.75 Å². The standard InChI is InChI=1S/C14H11F4NO/c1-20-11-4-2-3-8(13(11)18)14(19)12-9(16)5-7(15)6-10(12)17/h2-6,14H,19H2,1H3. The second kappa shape index (κ2) is 5.50. The predicted octanol–water partition coefficient (Wildman–Crippen LogP) is 3.30. The minimum atomic E-state index is -1.41. The molecule has 2 N–H and O–H groups in total. The van der Waals surface area contributed by atoms with Crippen molar-refractivity contribution in [3.63, 3.8) is 0 Å². The zero-order valence-electron chi connectivity index (χ0n) is 10.5. The lowest BCUT2D eigenvalue weighted by Gasteiger charge is -2.16. The Bertz CT molecular complexity index is 622. The van der Waals surface area contributed by atoms with Gasteiger partial charge >= 0.3 is 0 Å². The summed E-state index contributed by atoms with van der Waals surface area (Å²) in [4.78, 5) is 0. The summed E-state index contributed by atoms with van der Waals surface area (Å²) >= 11 is 0. The van der Waals surface area contributed by atoms with E-state index in [0.717, 1.165) is 0 Å². The Kier molecular flexibility index (Phi) is 3.94. The Labute approximate surface area is 112 Å². The SMILES string of the molecule is COc1cccc(C(N)c2c(F)cc(F)cc2F)c1F.